The van der Waals surface area contributed by atoms with Gasteiger partial charge in [-0.25, -0.2) is 4.39 Å². The van der Waals surface area contributed by atoms with Gasteiger partial charge >= 0.3 is 5.97 Å². The van der Waals surface area contributed by atoms with E-state index in [1.165, 1.54) is 32.9 Å². The number of benzene rings is 1. The van der Waals surface area contributed by atoms with Gasteiger partial charge < -0.3 is 10.4 Å². The molecule has 2 N–H and O–H groups in total. The molecule has 19 heavy (non-hydrogen) atoms. The largest absolute Gasteiger partial charge is 0.480 e. The first-order valence-electron chi connectivity index (χ1n) is 5.65. The summed E-state index contributed by atoms with van der Waals surface area (Å²) in [6, 6.07) is 2.98. The van der Waals surface area contributed by atoms with Crippen LogP contribution < -0.4 is 5.32 Å². The van der Waals surface area contributed by atoms with Crippen LogP contribution in [0.25, 0.3) is 0 Å². The Hall–Kier alpha value is -1.62. The highest BCUT2D eigenvalue weighted by Crippen LogP contribution is 2.28. The number of hydrogen-bond donors (Lipinski definition) is 2. The van der Waals surface area contributed by atoms with E-state index >= 15 is 0 Å². The molecule has 104 valence electrons. The predicted octanol–water partition coefficient (Wildman–Crippen LogP) is 2.35. The van der Waals surface area contributed by atoms with Gasteiger partial charge in [-0.15, -0.1) is 0 Å². The fraction of sp³-hybridized carbons (Fsp3) is 0.385. The van der Waals surface area contributed by atoms with E-state index in [0.29, 0.717) is 0 Å². The minimum absolute atomic E-state index is 0.159. The Morgan fingerprint density at radius 1 is 1.42 bits per heavy atom. The molecule has 0 aliphatic rings. The van der Waals surface area contributed by atoms with Crippen molar-refractivity contribution in [2.45, 2.75) is 32.2 Å². The SMILES string of the molecule is C[C@@H](NC(=O)C(C)(C)c1ccc(Cl)cc1F)C(=O)O. The summed E-state index contributed by atoms with van der Waals surface area (Å²) in [4.78, 5) is 22.7. The number of nitrogens with one attached hydrogen (secondary N) is 1. The van der Waals surface area contributed by atoms with Crippen molar-refractivity contribution in [3.8, 4) is 0 Å². The van der Waals surface area contributed by atoms with Gasteiger partial charge in [-0.2, -0.15) is 0 Å². The molecule has 0 fully saturated rings. The number of rotatable bonds is 4. The number of hydrogen-bond acceptors (Lipinski definition) is 2. The molecule has 0 aliphatic heterocycles. The third-order valence-electron chi connectivity index (χ3n) is 2.89. The van der Waals surface area contributed by atoms with Gasteiger partial charge in [0.25, 0.3) is 0 Å². The molecule has 0 aromatic heterocycles. The highest BCUT2D eigenvalue weighted by atomic mass is 35.5. The van der Waals surface area contributed by atoms with Gasteiger partial charge in [0, 0.05) is 10.6 Å². The molecule has 0 saturated carbocycles. The van der Waals surface area contributed by atoms with E-state index in [1.807, 2.05) is 0 Å². The summed E-state index contributed by atoms with van der Waals surface area (Å²) in [7, 11) is 0. The average Bonchev–Trinajstić information content (AvgIpc) is 2.27. The van der Waals surface area contributed by atoms with Crippen LogP contribution in [0.3, 0.4) is 0 Å². The standard InChI is InChI=1S/C13H15ClFNO3/c1-7(11(17)18)16-12(19)13(2,3)9-5-4-8(14)6-10(9)15/h4-7H,1-3H3,(H,16,19)(H,17,18)/t7-/m1/s1. The third kappa shape index (κ3) is 3.44. The zero-order valence-corrected chi connectivity index (χ0v) is 11.6. The minimum atomic E-state index is -1.20. The monoisotopic (exact) mass is 287 g/mol. The van der Waals surface area contributed by atoms with Crippen LogP contribution in [-0.2, 0) is 15.0 Å². The zero-order valence-electron chi connectivity index (χ0n) is 10.8. The van der Waals surface area contributed by atoms with E-state index in [2.05, 4.69) is 5.32 Å². The fourth-order valence-electron chi connectivity index (χ4n) is 1.56. The van der Waals surface area contributed by atoms with E-state index in [4.69, 9.17) is 16.7 Å². The fourth-order valence-corrected chi connectivity index (χ4v) is 1.72. The van der Waals surface area contributed by atoms with Crippen molar-refractivity contribution in [2.24, 2.45) is 0 Å². The molecular weight excluding hydrogens is 273 g/mol. The van der Waals surface area contributed by atoms with Crippen LogP contribution in [0.4, 0.5) is 4.39 Å². The lowest BCUT2D eigenvalue weighted by molar-refractivity contribution is -0.142. The Morgan fingerprint density at radius 2 is 2.00 bits per heavy atom. The summed E-state index contributed by atoms with van der Waals surface area (Å²) >= 11 is 5.65. The first kappa shape index (κ1) is 15.4. The van der Waals surface area contributed by atoms with Gasteiger partial charge in [0.15, 0.2) is 0 Å². The maximum atomic E-state index is 13.8. The van der Waals surface area contributed by atoms with Gasteiger partial charge in [0.2, 0.25) is 5.91 Å². The first-order valence-corrected chi connectivity index (χ1v) is 6.03. The van der Waals surface area contributed by atoms with Gasteiger partial charge in [-0.05, 0) is 32.9 Å². The lowest BCUT2D eigenvalue weighted by Gasteiger charge is -2.26. The molecule has 1 rings (SSSR count). The predicted molar refractivity (Wildman–Crippen MR) is 69.7 cm³/mol. The van der Waals surface area contributed by atoms with Crippen molar-refractivity contribution in [1.82, 2.24) is 5.32 Å². The molecule has 6 heteroatoms. The Balaban J connectivity index is 3.02. The number of carbonyl (C=O) groups is 2. The summed E-state index contributed by atoms with van der Waals surface area (Å²) in [6.07, 6.45) is 0. The smallest absolute Gasteiger partial charge is 0.325 e. The Labute approximate surface area is 115 Å². The zero-order chi connectivity index (χ0) is 14.8. The van der Waals surface area contributed by atoms with Crippen molar-refractivity contribution in [3.63, 3.8) is 0 Å². The molecule has 0 aliphatic carbocycles. The summed E-state index contributed by atoms with van der Waals surface area (Å²) < 4.78 is 13.8. The van der Waals surface area contributed by atoms with Crippen molar-refractivity contribution in [1.29, 1.82) is 0 Å². The van der Waals surface area contributed by atoms with Crippen LogP contribution in [0.2, 0.25) is 5.02 Å². The lowest BCUT2D eigenvalue weighted by atomic mass is 9.83. The van der Waals surface area contributed by atoms with Crippen molar-refractivity contribution < 1.29 is 19.1 Å². The Kier molecular flexibility index (Phi) is 4.52. The number of halogens is 2. The van der Waals surface area contributed by atoms with Gasteiger partial charge in [0.1, 0.15) is 11.9 Å². The first-order chi connectivity index (χ1) is 8.66. The van der Waals surface area contributed by atoms with E-state index in [1.54, 1.807) is 0 Å². The highest BCUT2D eigenvalue weighted by molar-refractivity contribution is 6.30. The van der Waals surface area contributed by atoms with E-state index in [-0.39, 0.29) is 10.6 Å². The second-order valence-corrected chi connectivity index (χ2v) is 5.22. The third-order valence-corrected chi connectivity index (χ3v) is 3.13. The topological polar surface area (TPSA) is 66.4 Å². The van der Waals surface area contributed by atoms with Crippen LogP contribution in [0.5, 0.6) is 0 Å². The van der Waals surface area contributed by atoms with Gasteiger partial charge in [-0.1, -0.05) is 17.7 Å². The lowest BCUT2D eigenvalue weighted by Crippen LogP contribution is -2.47. The van der Waals surface area contributed by atoms with E-state index in [9.17, 15) is 14.0 Å². The van der Waals surface area contributed by atoms with E-state index < -0.39 is 29.2 Å². The molecule has 1 atom stereocenters. The molecule has 0 radical (unpaired) electrons. The summed E-state index contributed by atoms with van der Waals surface area (Å²) in [6.45, 7) is 4.38. The molecule has 0 heterocycles. The van der Waals surface area contributed by atoms with Crippen LogP contribution >= 0.6 is 11.6 Å². The molecule has 0 unspecified atom stereocenters. The molecule has 4 nitrogen and oxygen atoms in total. The second kappa shape index (κ2) is 5.57. The van der Waals surface area contributed by atoms with Crippen LogP contribution in [-0.4, -0.2) is 23.0 Å². The molecule has 1 aromatic rings. The molecule has 0 spiro atoms. The molecule has 0 bridgehead atoms. The average molecular weight is 288 g/mol. The second-order valence-electron chi connectivity index (χ2n) is 4.78. The van der Waals surface area contributed by atoms with Crippen LogP contribution in [0.1, 0.15) is 26.3 Å². The summed E-state index contributed by atoms with van der Waals surface area (Å²) in [5, 5.41) is 11.3. The number of aliphatic carboxylic acids is 1. The van der Waals surface area contributed by atoms with Crippen LogP contribution in [0.15, 0.2) is 18.2 Å². The van der Waals surface area contributed by atoms with Crippen molar-refractivity contribution >= 4 is 23.5 Å². The summed E-state index contributed by atoms with van der Waals surface area (Å²) in [5.74, 6) is -2.32. The maximum absolute atomic E-state index is 13.8. The summed E-state index contributed by atoms with van der Waals surface area (Å²) in [5.41, 5.74) is -1.04. The molecule has 1 amide bonds. The van der Waals surface area contributed by atoms with Crippen molar-refractivity contribution in [2.75, 3.05) is 0 Å². The number of amides is 1. The van der Waals surface area contributed by atoms with Crippen molar-refractivity contribution in [3.05, 3.63) is 34.6 Å². The molecular formula is C13H15ClFNO3. The Morgan fingerprint density at radius 3 is 2.47 bits per heavy atom. The minimum Gasteiger partial charge on any atom is -0.480 e. The number of carboxylic acid groups (broad SMARTS) is 1. The Bertz CT molecular complexity index is 517. The maximum Gasteiger partial charge on any atom is 0.325 e. The number of carbonyl (C=O) groups excluding carboxylic acids is 1. The molecule has 0 saturated heterocycles. The van der Waals surface area contributed by atoms with Gasteiger partial charge in [-0.3, -0.25) is 9.59 Å². The molecule has 1 aromatic carbocycles. The quantitative estimate of drug-likeness (QED) is 0.893. The van der Waals surface area contributed by atoms with Crippen LogP contribution in [0, 0.1) is 5.82 Å². The highest BCUT2D eigenvalue weighted by Gasteiger charge is 2.34. The van der Waals surface area contributed by atoms with E-state index in [0.717, 1.165) is 6.07 Å². The normalized spacial score (nSPS) is 12.9. The number of carboxylic acids is 1. The van der Waals surface area contributed by atoms with Gasteiger partial charge in [0.05, 0.1) is 5.41 Å².